The van der Waals surface area contributed by atoms with E-state index in [4.69, 9.17) is 4.74 Å². The Balaban J connectivity index is 1.59. The lowest BCUT2D eigenvalue weighted by Crippen LogP contribution is -2.30. The first kappa shape index (κ1) is 21.3. The Labute approximate surface area is 178 Å². The first-order valence-electron chi connectivity index (χ1n) is 8.97. The molecule has 29 heavy (non-hydrogen) atoms. The van der Waals surface area contributed by atoms with Crippen LogP contribution in [0.25, 0.3) is 10.8 Å². The summed E-state index contributed by atoms with van der Waals surface area (Å²) in [7, 11) is -3.56. The zero-order chi connectivity index (χ0) is 21.0. The van der Waals surface area contributed by atoms with E-state index in [-0.39, 0.29) is 23.5 Å². The summed E-state index contributed by atoms with van der Waals surface area (Å²) in [4.78, 5) is 12.3. The molecule has 0 bridgehead atoms. The maximum Gasteiger partial charge on any atom is 0.262 e. The van der Waals surface area contributed by atoms with Gasteiger partial charge in [-0.2, -0.15) is 0 Å². The van der Waals surface area contributed by atoms with Crippen LogP contribution in [0, 0.1) is 0 Å². The average Bonchev–Trinajstić information content (AvgIpc) is 2.66. The molecule has 8 heteroatoms. The van der Waals surface area contributed by atoms with E-state index >= 15 is 0 Å². The number of amides is 1. The van der Waals surface area contributed by atoms with Crippen LogP contribution >= 0.6 is 15.9 Å². The molecule has 3 aromatic carbocycles. The average molecular weight is 477 g/mol. The number of fused-ring (bicyclic) bond motifs is 1. The number of carbonyl (C=O) groups excluding carboxylic acids is 1. The molecule has 2 N–H and O–H groups in total. The summed E-state index contributed by atoms with van der Waals surface area (Å²) in [5, 5.41) is 4.77. The zero-order valence-corrected chi connectivity index (χ0v) is 18.4. The van der Waals surface area contributed by atoms with Crippen LogP contribution in [0.15, 0.2) is 70.0 Å². The summed E-state index contributed by atoms with van der Waals surface area (Å²) in [6.45, 7) is 3.35. The second-order valence-electron chi connectivity index (χ2n) is 6.79. The Hall–Kier alpha value is -2.42. The van der Waals surface area contributed by atoms with Crippen LogP contribution in [0.1, 0.15) is 13.8 Å². The third-order valence-corrected chi connectivity index (χ3v) is 6.15. The highest BCUT2D eigenvalue weighted by atomic mass is 79.9. The molecule has 0 radical (unpaired) electrons. The van der Waals surface area contributed by atoms with Crippen LogP contribution in [-0.2, 0) is 14.8 Å². The van der Waals surface area contributed by atoms with Crippen molar-refractivity contribution in [3.8, 4) is 5.75 Å². The Morgan fingerprint density at radius 1 is 1.00 bits per heavy atom. The normalized spacial score (nSPS) is 11.6. The molecule has 6 nitrogen and oxygen atoms in total. The molecule has 1 amide bonds. The van der Waals surface area contributed by atoms with Crippen molar-refractivity contribution in [3.63, 3.8) is 0 Å². The quantitative estimate of drug-likeness (QED) is 0.532. The third-order valence-electron chi connectivity index (χ3n) is 3.98. The van der Waals surface area contributed by atoms with Crippen molar-refractivity contribution in [1.29, 1.82) is 0 Å². The van der Waals surface area contributed by atoms with Crippen molar-refractivity contribution >= 4 is 48.3 Å². The van der Waals surface area contributed by atoms with E-state index in [9.17, 15) is 13.2 Å². The predicted octanol–water partition coefficient (Wildman–Crippen LogP) is 4.31. The highest BCUT2D eigenvalue weighted by molar-refractivity contribution is 9.10. The van der Waals surface area contributed by atoms with Crippen molar-refractivity contribution in [2.75, 3.05) is 11.9 Å². The van der Waals surface area contributed by atoms with E-state index in [1.54, 1.807) is 26.0 Å². The van der Waals surface area contributed by atoms with Gasteiger partial charge in [-0.1, -0.05) is 28.1 Å². The van der Waals surface area contributed by atoms with Gasteiger partial charge in [0.1, 0.15) is 5.75 Å². The molecule has 0 spiro atoms. The number of hydrogen-bond donors (Lipinski definition) is 2. The van der Waals surface area contributed by atoms with Gasteiger partial charge in [-0.25, -0.2) is 13.1 Å². The molecule has 0 aliphatic heterocycles. The SMILES string of the molecule is CC(C)NS(=O)(=O)c1ccc(NC(=O)COc2ccc3cc(Br)ccc3c2)cc1. The van der Waals surface area contributed by atoms with E-state index in [1.165, 1.54) is 12.1 Å². The molecule has 152 valence electrons. The highest BCUT2D eigenvalue weighted by Gasteiger charge is 2.15. The molecular formula is C21H21BrN2O4S. The topological polar surface area (TPSA) is 84.5 Å². The minimum Gasteiger partial charge on any atom is -0.484 e. The van der Waals surface area contributed by atoms with Crippen LogP contribution in [0.5, 0.6) is 5.75 Å². The fourth-order valence-corrected chi connectivity index (χ4v) is 4.36. The van der Waals surface area contributed by atoms with Crippen LogP contribution in [0.2, 0.25) is 0 Å². The number of halogens is 1. The predicted molar refractivity (Wildman–Crippen MR) is 118 cm³/mol. The number of ether oxygens (including phenoxy) is 1. The number of nitrogens with one attached hydrogen (secondary N) is 2. The van der Waals surface area contributed by atoms with Crippen molar-refractivity contribution in [2.24, 2.45) is 0 Å². The number of anilines is 1. The molecular weight excluding hydrogens is 456 g/mol. The minimum absolute atomic E-state index is 0.142. The number of hydrogen-bond acceptors (Lipinski definition) is 4. The highest BCUT2D eigenvalue weighted by Crippen LogP contribution is 2.24. The van der Waals surface area contributed by atoms with Crippen LogP contribution < -0.4 is 14.8 Å². The Kier molecular flexibility index (Phi) is 6.56. The van der Waals surface area contributed by atoms with Gasteiger partial charge in [-0.3, -0.25) is 4.79 Å². The minimum atomic E-state index is -3.56. The summed E-state index contributed by atoms with van der Waals surface area (Å²) in [6.07, 6.45) is 0. The molecule has 0 saturated heterocycles. The van der Waals surface area contributed by atoms with E-state index in [0.717, 1.165) is 15.2 Å². The van der Waals surface area contributed by atoms with Crippen LogP contribution in [-0.4, -0.2) is 27.0 Å². The van der Waals surface area contributed by atoms with Crippen LogP contribution in [0.3, 0.4) is 0 Å². The van der Waals surface area contributed by atoms with E-state index in [1.807, 2.05) is 36.4 Å². The van der Waals surface area contributed by atoms with Gasteiger partial charge in [0.25, 0.3) is 5.91 Å². The fourth-order valence-electron chi connectivity index (χ4n) is 2.73. The summed E-state index contributed by atoms with van der Waals surface area (Å²) >= 11 is 3.44. The number of carbonyl (C=O) groups is 1. The summed E-state index contributed by atoms with van der Waals surface area (Å²) in [6, 6.07) is 17.3. The van der Waals surface area contributed by atoms with Crippen molar-refractivity contribution in [1.82, 2.24) is 4.72 Å². The molecule has 0 heterocycles. The van der Waals surface area contributed by atoms with Gasteiger partial charge in [0.15, 0.2) is 6.61 Å². The molecule has 0 aliphatic rings. The van der Waals surface area contributed by atoms with Crippen molar-refractivity contribution < 1.29 is 17.9 Å². The van der Waals surface area contributed by atoms with Gasteiger partial charge < -0.3 is 10.1 Å². The molecule has 3 rings (SSSR count). The second kappa shape index (κ2) is 8.94. The monoisotopic (exact) mass is 476 g/mol. The Morgan fingerprint density at radius 2 is 1.66 bits per heavy atom. The largest absolute Gasteiger partial charge is 0.484 e. The second-order valence-corrected chi connectivity index (χ2v) is 9.42. The van der Waals surface area contributed by atoms with Gasteiger partial charge in [-0.05, 0) is 73.2 Å². The molecule has 0 saturated carbocycles. The van der Waals surface area contributed by atoms with Gasteiger partial charge in [-0.15, -0.1) is 0 Å². The lowest BCUT2D eigenvalue weighted by atomic mass is 10.1. The van der Waals surface area contributed by atoms with Gasteiger partial charge in [0.05, 0.1) is 4.90 Å². The van der Waals surface area contributed by atoms with Gasteiger partial charge in [0, 0.05) is 16.2 Å². The standard InChI is InChI=1S/C21H21BrN2O4S/c1-14(2)24-29(26,27)20-9-6-18(7-10-20)23-21(25)13-28-19-8-4-15-11-17(22)5-3-16(15)12-19/h3-12,14,24H,13H2,1-2H3,(H,23,25). The Morgan fingerprint density at radius 3 is 2.34 bits per heavy atom. The first-order chi connectivity index (χ1) is 13.7. The lowest BCUT2D eigenvalue weighted by Gasteiger charge is -2.11. The molecule has 0 fully saturated rings. The van der Waals surface area contributed by atoms with Crippen molar-refractivity contribution in [2.45, 2.75) is 24.8 Å². The number of sulfonamides is 1. The van der Waals surface area contributed by atoms with Crippen molar-refractivity contribution in [3.05, 3.63) is 65.1 Å². The molecule has 3 aromatic rings. The number of benzene rings is 3. The van der Waals surface area contributed by atoms with E-state index in [0.29, 0.717) is 11.4 Å². The third kappa shape index (κ3) is 5.79. The maximum atomic E-state index is 12.1. The smallest absolute Gasteiger partial charge is 0.262 e. The lowest BCUT2D eigenvalue weighted by molar-refractivity contribution is -0.118. The van der Waals surface area contributed by atoms with Gasteiger partial charge in [0.2, 0.25) is 10.0 Å². The van der Waals surface area contributed by atoms with Gasteiger partial charge >= 0.3 is 0 Å². The fraction of sp³-hybridized carbons (Fsp3) is 0.190. The van der Waals surface area contributed by atoms with E-state index in [2.05, 4.69) is 26.0 Å². The van der Waals surface area contributed by atoms with Crippen LogP contribution in [0.4, 0.5) is 5.69 Å². The Bertz CT molecular complexity index is 1130. The maximum absolute atomic E-state index is 12.1. The summed E-state index contributed by atoms with van der Waals surface area (Å²) in [5.41, 5.74) is 0.491. The molecule has 0 atom stereocenters. The molecule has 0 aliphatic carbocycles. The summed E-state index contributed by atoms with van der Waals surface area (Å²) < 4.78 is 33.3. The zero-order valence-electron chi connectivity index (χ0n) is 16.0. The summed E-state index contributed by atoms with van der Waals surface area (Å²) in [5.74, 6) is 0.257. The first-order valence-corrected chi connectivity index (χ1v) is 11.2. The number of rotatable bonds is 7. The molecule has 0 unspecified atom stereocenters. The van der Waals surface area contributed by atoms with E-state index < -0.39 is 10.0 Å². The molecule has 0 aromatic heterocycles.